The summed E-state index contributed by atoms with van der Waals surface area (Å²) in [5.41, 5.74) is 2.88. The molecule has 2 aromatic heterocycles. The van der Waals surface area contributed by atoms with Gasteiger partial charge in [-0.05, 0) is 43.4 Å². The molecular weight excluding hydrogens is 318 g/mol. The molecule has 1 aliphatic carbocycles. The fourth-order valence-corrected chi connectivity index (χ4v) is 3.03. The normalized spacial score (nSPS) is 15.3. The summed E-state index contributed by atoms with van der Waals surface area (Å²) in [7, 11) is 0. The van der Waals surface area contributed by atoms with Crippen LogP contribution in [0.15, 0.2) is 27.6 Å². The van der Waals surface area contributed by atoms with Crippen molar-refractivity contribution in [1.82, 2.24) is 14.8 Å². The number of rotatable bonds is 2. The number of aryl methyl sites for hydroxylation is 1. The second kappa shape index (κ2) is 4.19. The lowest BCUT2D eigenvalue weighted by molar-refractivity contribution is 0.581. The molecule has 0 amide bonds. The van der Waals surface area contributed by atoms with E-state index in [2.05, 4.69) is 32.1 Å². The van der Waals surface area contributed by atoms with E-state index >= 15 is 0 Å². The van der Waals surface area contributed by atoms with Gasteiger partial charge in [0.2, 0.25) is 0 Å². The largest absolute Gasteiger partial charge is 0.321 e. The number of H-pyrrole nitrogens is 1. The maximum absolute atomic E-state index is 12.2. The molecule has 1 saturated carbocycles. The van der Waals surface area contributed by atoms with Gasteiger partial charge in [0.15, 0.2) is 0 Å². The van der Waals surface area contributed by atoms with Crippen LogP contribution < -0.4 is 5.56 Å². The highest BCUT2D eigenvalue weighted by Crippen LogP contribution is 2.33. The molecule has 1 N–H and O–H groups in total. The zero-order valence-corrected chi connectivity index (χ0v) is 12.7. The Labute approximate surface area is 123 Å². The van der Waals surface area contributed by atoms with Crippen molar-refractivity contribution in [2.24, 2.45) is 5.92 Å². The van der Waals surface area contributed by atoms with Gasteiger partial charge in [0, 0.05) is 16.4 Å². The van der Waals surface area contributed by atoms with Crippen molar-refractivity contribution in [3.05, 3.63) is 38.7 Å². The second-order valence-electron chi connectivity index (χ2n) is 5.63. The van der Waals surface area contributed by atoms with Crippen molar-refractivity contribution in [2.75, 3.05) is 0 Å². The Morgan fingerprint density at radius 1 is 1.40 bits per heavy atom. The number of halogens is 1. The topological polar surface area (TPSA) is 50.7 Å². The van der Waals surface area contributed by atoms with Crippen molar-refractivity contribution in [3.8, 4) is 0 Å². The predicted octanol–water partition coefficient (Wildman–Crippen LogP) is 3.36. The minimum absolute atomic E-state index is 0.0590. The summed E-state index contributed by atoms with van der Waals surface area (Å²) in [6, 6.07) is 4.09. The lowest BCUT2D eigenvalue weighted by Gasteiger charge is -2.07. The molecule has 2 heterocycles. The molecule has 4 nitrogen and oxygen atoms in total. The van der Waals surface area contributed by atoms with Crippen LogP contribution in [0.3, 0.4) is 0 Å². The first kappa shape index (κ1) is 12.1. The van der Waals surface area contributed by atoms with Gasteiger partial charge in [0.1, 0.15) is 0 Å². The van der Waals surface area contributed by atoms with E-state index in [1.807, 2.05) is 17.7 Å². The Bertz CT molecular complexity index is 889. The number of nitrogens with zero attached hydrogens (tertiary/aromatic N) is 2. The Morgan fingerprint density at radius 3 is 2.95 bits per heavy atom. The van der Waals surface area contributed by atoms with Crippen LogP contribution >= 0.6 is 15.9 Å². The van der Waals surface area contributed by atoms with Gasteiger partial charge in [0.25, 0.3) is 5.56 Å². The quantitative estimate of drug-likeness (QED) is 0.782. The molecule has 4 rings (SSSR count). The Hall–Kier alpha value is -1.62. The van der Waals surface area contributed by atoms with Gasteiger partial charge in [-0.15, -0.1) is 0 Å². The fourth-order valence-electron chi connectivity index (χ4n) is 2.69. The number of aromatic amines is 1. The van der Waals surface area contributed by atoms with Gasteiger partial charge in [-0.3, -0.25) is 9.48 Å². The van der Waals surface area contributed by atoms with Crippen molar-refractivity contribution < 1.29 is 0 Å². The van der Waals surface area contributed by atoms with E-state index in [0.717, 1.165) is 38.9 Å². The van der Waals surface area contributed by atoms with Crippen molar-refractivity contribution in [1.29, 1.82) is 0 Å². The Kier molecular flexibility index (Phi) is 2.54. The van der Waals surface area contributed by atoms with Crippen LogP contribution in [0, 0.1) is 12.8 Å². The maximum Gasteiger partial charge on any atom is 0.259 e. The number of fused-ring (bicyclic) bond motifs is 3. The van der Waals surface area contributed by atoms with Crippen LogP contribution in [0.1, 0.15) is 18.4 Å². The molecule has 0 atom stereocenters. The lowest BCUT2D eigenvalue weighted by atomic mass is 10.1. The van der Waals surface area contributed by atoms with E-state index in [4.69, 9.17) is 0 Å². The van der Waals surface area contributed by atoms with E-state index in [9.17, 15) is 4.79 Å². The van der Waals surface area contributed by atoms with Gasteiger partial charge in [-0.1, -0.05) is 15.9 Å². The minimum Gasteiger partial charge on any atom is -0.321 e. The molecule has 5 heteroatoms. The average molecular weight is 332 g/mol. The average Bonchev–Trinajstić information content (AvgIpc) is 3.11. The SMILES string of the molecule is Cc1cc2[nH]c(=O)c3cnn(CC4CC4)c3c2cc1Br. The van der Waals surface area contributed by atoms with Crippen LogP contribution in [-0.4, -0.2) is 14.8 Å². The number of aromatic nitrogens is 3. The lowest BCUT2D eigenvalue weighted by Crippen LogP contribution is -2.08. The van der Waals surface area contributed by atoms with Crippen LogP contribution in [0.25, 0.3) is 21.8 Å². The Morgan fingerprint density at radius 2 is 2.20 bits per heavy atom. The molecule has 20 heavy (non-hydrogen) atoms. The highest BCUT2D eigenvalue weighted by atomic mass is 79.9. The molecule has 0 aliphatic heterocycles. The minimum atomic E-state index is -0.0590. The third-order valence-electron chi connectivity index (χ3n) is 4.01. The number of benzene rings is 1. The molecule has 102 valence electrons. The van der Waals surface area contributed by atoms with Crippen LogP contribution in [0.5, 0.6) is 0 Å². The first-order valence-electron chi connectivity index (χ1n) is 6.81. The zero-order valence-electron chi connectivity index (χ0n) is 11.1. The molecule has 0 spiro atoms. The van der Waals surface area contributed by atoms with Crippen molar-refractivity contribution in [3.63, 3.8) is 0 Å². The highest BCUT2D eigenvalue weighted by molar-refractivity contribution is 9.10. The third-order valence-corrected chi connectivity index (χ3v) is 4.87. The fraction of sp³-hybridized carbons (Fsp3) is 0.333. The summed E-state index contributed by atoms with van der Waals surface area (Å²) in [6.07, 6.45) is 4.22. The highest BCUT2D eigenvalue weighted by Gasteiger charge is 2.23. The first-order chi connectivity index (χ1) is 9.63. The maximum atomic E-state index is 12.2. The van der Waals surface area contributed by atoms with Crippen LogP contribution in [0.2, 0.25) is 0 Å². The number of hydrogen-bond donors (Lipinski definition) is 1. The molecule has 0 radical (unpaired) electrons. The van der Waals surface area contributed by atoms with Crippen molar-refractivity contribution in [2.45, 2.75) is 26.3 Å². The molecule has 0 saturated heterocycles. The van der Waals surface area contributed by atoms with Gasteiger partial charge >= 0.3 is 0 Å². The molecule has 1 fully saturated rings. The smallest absolute Gasteiger partial charge is 0.259 e. The van der Waals surface area contributed by atoms with Gasteiger partial charge in [-0.2, -0.15) is 5.10 Å². The second-order valence-corrected chi connectivity index (χ2v) is 6.49. The summed E-state index contributed by atoms with van der Waals surface area (Å²) in [4.78, 5) is 15.1. The van der Waals surface area contributed by atoms with Crippen molar-refractivity contribution >= 4 is 37.7 Å². The van der Waals surface area contributed by atoms with E-state index in [0.29, 0.717) is 5.39 Å². The zero-order chi connectivity index (χ0) is 13.9. The summed E-state index contributed by atoms with van der Waals surface area (Å²) >= 11 is 3.57. The van der Waals surface area contributed by atoms with E-state index in [1.54, 1.807) is 6.20 Å². The summed E-state index contributed by atoms with van der Waals surface area (Å²) in [5.74, 6) is 0.723. The standard InChI is InChI=1S/C15H14BrN3O/c1-8-4-13-10(5-12(8)16)14-11(15(20)18-13)6-17-19(14)7-9-2-3-9/h4-6,9H,2-3,7H2,1H3,(H,18,20). The molecule has 0 unspecified atom stereocenters. The van der Waals surface area contributed by atoms with Gasteiger partial charge < -0.3 is 4.98 Å². The summed E-state index contributed by atoms with van der Waals surface area (Å²) in [5, 5.41) is 6.15. The number of nitrogens with one attached hydrogen (secondary N) is 1. The van der Waals surface area contributed by atoms with Gasteiger partial charge in [0.05, 0.1) is 22.6 Å². The van der Waals surface area contributed by atoms with Crippen LogP contribution in [-0.2, 0) is 6.54 Å². The van der Waals surface area contributed by atoms with E-state index in [1.165, 1.54) is 12.8 Å². The summed E-state index contributed by atoms with van der Waals surface area (Å²) in [6.45, 7) is 2.93. The predicted molar refractivity (Wildman–Crippen MR) is 83.0 cm³/mol. The third kappa shape index (κ3) is 1.80. The molecule has 1 aromatic carbocycles. The molecular formula is C15H14BrN3O. The summed E-state index contributed by atoms with van der Waals surface area (Å²) < 4.78 is 3.05. The van der Waals surface area contributed by atoms with Gasteiger partial charge in [-0.25, -0.2) is 0 Å². The monoisotopic (exact) mass is 331 g/mol. The first-order valence-corrected chi connectivity index (χ1v) is 7.60. The number of hydrogen-bond acceptors (Lipinski definition) is 2. The molecule has 3 aromatic rings. The van der Waals surface area contributed by atoms with Crippen LogP contribution in [0.4, 0.5) is 0 Å². The number of pyridine rings is 1. The molecule has 1 aliphatic rings. The molecule has 0 bridgehead atoms. The van der Waals surface area contributed by atoms with E-state index in [-0.39, 0.29) is 5.56 Å². The Balaban J connectivity index is 2.11. The van der Waals surface area contributed by atoms with E-state index < -0.39 is 0 Å².